The molecule has 2 rings (SSSR count). The summed E-state index contributed by atoms with van der Waals surface area (Å²) >= 11 is 0. The van der Waals surface area contributed by atoms with Crippen molar-refractivity contribution in [3.8, 4) is 17.9 Å². The molecule has 2 N–H and O–H groups in total. The number of anilines is 2. The van der Waals surface area contributed by atoms with E-state index in [0.717, 1.165) is 11.2 Å². The summed E-state index contributed by atoms with van der Waals surface area (Å²) in [6.45, 7) is -0.577. The molecule has 12 heteroatoms. The number of hydrazine groups is 1. The molecule has 2 aromatic rings. The van der Waals surface area contributed by atoms with Crippen LogP contribution >= 0.6 is 0 Å². The summed E-state index contributed by atoms with van der Waals surface area (Å²) in [6, 6.07) is 9.81. The molecule has 0 aliphatic heterocycles. The van der Waals surface area contributed by atoms with Crippen molar-refractivity contribution in [3.05, 3.63) is 46.3 Å². The molecule has 0 unspecified atom stereocenters. The van der Waals surface area contributed by atoms with Crippen LogP contribution in [0.25, 0.3) is 0 Å². The normalized spacial score (nSPS) is 9.54. The number of nitrogens with one attached hydrogen (secondary N) is 2. The van der Waals surface area contributed by atoms with Crippen LogP contribution in [0.5, 0.6) is 5.75 Å². The maximum atomic E-state index is 12.2. The standard InChI is InChI=1S/C16H14N8O4/c1-28-12-4-2-11(3-5-12)16(25)22-21-14-13(24(26)27)15(20-10-19-14)23(8-6-17)9-7-18/h2-5,10H,8-9H2,1H3,(H,22,25)(H,19,20,21). The van der Waals surface area contributed by atoms with E-state index in [4.69, 9.17) is 15.3 Å². The van der Waals surface area contributed by atoms with E-state index in [1.807, 2.05) is 12.1 Å². The fourth-order valence-electron chi connectivity index (χ4n) is 2.17. The van der Waals surface area contributed by atoms with E-state index in [9.17, 15) is 14.9 Å². The van der Waals surface area contributed by atoms with Crippen LogP contribution in [0.2, 0.25) is 0 Å². The Morgan fingerprint density at radius 2 is 1.89 bits per heavy atom. The van der Waals surface area contributed by atoms with E-state index >= 15 is 0 Å². The van der Waals surface area contributed by atoms with Gasteiger partial charge in [0.1, 0.15) is 25.2 Å². The molecule has 0 saturated carbocycles. The second-order valence-corrected chi connectivity index (χ2v) is 5.13. The maximum absolute atomic E-state index is 12.2. The summed E-state index contributed by atoms with van der Waals surface area (Å²) in [5.41, 5.74) is 4.39. The average molecular weight is 382 g/mol. The molecule has 0 saturated heterocycles. The summed E-state index contributed by atoms with van der Waals surface area (Å²) in [6.07, 6.45) is 1.02. The second-order valence-electron chi connectivity index (χ2n) is 5.13. The third-order valence-electron chi connectivity index (χ3n) is 3.45. The van der Waals surface area contributed by atoms with Gasteiger partial charge in [-0.05, 0) is 24.3 Å². The van der Waals surface area contributed by atoms with Gasteiger partial charge in [0, 0.05) is 5.56 Å². The lowest BCUT2D eigenvalue weighted by Gasteiger charge is -2.17. The Hall–Kier alpha value is -4.45. The number of benzene rings is 1. The number of nitriles is 2. The van der Waals surface area contributed by atoms with Crippen LogP contribution in [0.3, 0.4) is 0 Å². The van der Waals surface area contributed by atoms with Crippen LogP contribution in [0.1, 0.15) is 10.4 Å². The quantitative estimate of drug-likeness (QED) is 0.381. The number of hydrogen-bond donors (Lipinski definition) is 2. The molecular weight excluding hydrogens is 368 g/mol. The first kappa shape index (κ1) is 19.9. The first-order valence-corrected chi connectivity index (χ1v) is 7.70. The van der Waals surface area contributed by atoms with Crippen molar-refractivity contribution in [3.63, 3.8) is 0 Å². The summed E-state index contributed by atoms with van der Waals surface area (Å²) in [4.78, 5) is 31.6. The van der Waals surface area contributed by atoms with E-state index in [0.29, 0.717) is 5.75 Å². The number of rotatable bonds is 8. The lowest BCUT2D eigenvalue weighted by atomic mass is 10.2. The van der Waals surface area contributed by atoms with E-state index in [-0.39, 0.29) is 30.3 Å². The molecule has 12 nitrogen and oxygen atoms in total. The van der Waals surface area contributed by atoms with Gasteiger partial charge in [-0.2, -0.15) is 10.5 Å². The molecular formula is C16H14N8O4. The third-order valence-corrected chi connectivity index (χ3v) is 3.45. The molecule has 28 heavy (non-hydrogen) atoms. The van der Waals surface area contributed by atoms with Gasteiger partial charge >= 0.3 is 5.69 Å². The number of carbonyl (C=O) groups is 1. The fourth-order valence-corrected chi connectivity index (χ4v) is 2.17. The van der Waals surface area contributed by atoms with Crippen molar-refractivity contribution in [2.45, 2.75) is 0 Å². The van der Waals surface area contributed by atoms with E-state index in [1.54, 1.807) is 12.1 Å². The Morgan fingerprint density at radius 1 is 1.25 bits per heavy atom. The van der Waals surface area contributed by atoms with Gasteiger partial charge in [-0.25, -0.2) is 9.97 Å². The Bertz CT molecular complexity index is 933. The highest BCUT2D eigenvalue weighted by molar-refractivity contribution is 5.95. The molecule has 0 aliphatic carbocycles. The lowest BCUT2D eigenvalue weighted by molar-refractivity contribution is -0.383. The molecule has 0 atom stereocenters. The zero-order valence-electron chi connectivity index (χ0n) is 14.6. The van der Waals surface area contributed by atoms with Crippen LogP contribution in [0.15, 0.2) is 30.6 Å². The molecule has 0 radical (unpaired) electrons. The Balaban J connectivity index is 2.26. The molecule has 0 aliphatic rings. The maximum Gasteiger partial charge on any atom is 0.355 e. The number of nitrogens with zero attached hydrogens (tertiary/aromatic N) is 6. The summed E-state index contributed by atoms with van der Waals surface area (Å²) in [5.74, 6) is -0.513. The molecule has 1 aromatic heterocycles. The number of aromatic nitrogens is 2. The van der Waals surface area contributed by atoms with Crippen molar-refractivity contribution in [2.24, 2.45) is 0 Å². The largest absolute Gasteiger partial charge is 0.497 e. The summed E-state index contributed by atoms with van der Waals surface area (Å²) in [5, 5.41) is 29.2. The first-order chi connectivity index (χ1) is 13.5. The molecule has 1 aromatic carbocycles. The topological polar surface area (TPSA) is 170 Å². The van der Waals surface area contributed by atoms with Crippen molar-refractivity contribution in [2.75, 3.05) is 30.5 Å². The van der Waals surface area contributed by atoms with Gasteiger partial charge in [-0.3, -0.25) is 25.8 Å². The van der Waals surface area contributed by atoms with E-state index in [1.165, 1.54) is 19.2 Å². The van der Waals surface area contributed by atoms with Crippen LogP contribution < -0.4 is 20.5 Å². The van der Waals surface area contributed by atoms with Crippen LogP contribution in [-0.4, -0.2) is 41.0 Å². The van der Waals surface area contributed by atoms with Crippen molar-refractivity contribution < 1.29 is 14.5 Å². The van der Waals surface area contributed by atoms with Gasteiger partial charge in [0.05, 0.1) is 24.2 Å². The SMILES string of the molecule is COc1ccc(C(=O)NNc2ncnc(N(CC#N)CC#N)c2[N+](=O)[O-])cc1. The van der Waals surface area contributed by atoms with Gasteiger partial charge in [0.2, 0.25) is 11.6 Å². The predicted octanol–water partition coefficient (Wildman–Crippen LogP) is 1.00. The lowest BCUT2D eigenvalue weighted by Crippen LogP contribution is -2.31. The third kappa shape index (κ3) is 4.59. The molecule has 0 fully saturated rings. The van der Waals surface area contributed by atoms with Gasteiger partial charge in [-0.1, -0.05) is 0 Å². The molecule has 0 spiro atoms. The number of methoxy groups -OCH3 is 1. The average Bonchev–Trinajstić information content (AvgIpc) is 2.71. The van der Waals surface area contributed by atoms with E-state index < -0.39 is 16.5 Å². The van der Waals surface area contributed by atoms with Crippen LogP contribution in [0.4, 0.5) is 17.3 Å². The Labute approximate surface area is 159 Å². The molecule has 1 heterocycles. The first-order valence-electron chi connectivity index (χ1n) is 7.70. The van der Waals surface area contributed by atoms with Crippen molar-refractivity contribution in [1.82, 2.24) is 15.4 Å². The minimum absolute atomic E-state index is 0.218. The monoisotopic (exact) mass is 382 g/mol. The predicted molar refractivity (Wildman–Crippen MR) is 96.2 cm³/mol. The van der Waals surface area contributed by atoms with E-state index in [2.05, 4.69) is 20.8 Å². The van der Waals surface area contributed by atoms with Crippen molar-refractivity contribution in [1.29, 1.82) is 10.5 Å². The summed E-state index contributed by atoms with van der Waals surface area (Å²) in [7, 11) is 1.49. The summed E-state index contributed by atoms with van der Waals surface area (Å²) < 4.78 is 5.01. The highest BCUT2D eigenvalue weighted by atomic mass is 16.6. The van der Waals surface area contributed by atoms with Crippen LogP contribution in [0, 0.1) is 32.8 Å². The van der Waals surface area contributed by atoms with Crippen LogP contribution in [-0.2, 0) is 0 Å². The zero-order chi connectivity index (χ0) is 20.5. The van der Waals surface area contributed by atoms with Gasteiger partial charge in [0.15, 0.2) is 0 Å². The van der Waals surface area contributed by atoms with Gasteiger partial charge in [0.25, 0.3) is 5.91 Å². The van der Waals surface area contributed by atoms with Gasteiger partial charge in [-0.15, -0.1) is 0 Å². The fraction of sp³-hybridized carbons (Fsp3) is 0.188. The minimum atomic E-state index is -0.765. The van der Waals surface area contributed by atoms with Crippen molar-refractivity contribution >= 4 is 23.2 Å². The number of amides is 1. The Kier molecular flexibility index (Phi) is 6.60. The highest BCUT2D eigenvalue weighted by Gasteiger charge is 2.27. The highest BCUT2D eigenvalue weighted by Crippen LogP contribution is 2.31. The molecule has 1 amide bonds. The number of ether oxygens (including phenoxy) is 1. The zero-order valence-corrected chi connectivity index (χ0v) is 14.6. The molecule has 142 valence electrons. The van der Waals surface area contributed by atoms with Gasteiger partial charge < -0.3 is 9.64 Å². The number of nitro groups is 1. The Morgan fingerprint density at radius 3 is 2.43 bits per heavy atom. The second kappa shape index (κ2) is 9.30. The molecule has 0 bridgehead atoms. The number of hydrogen-bond acceptors (Lipinski definition) is 10. The smallest absolute Gasteiger partial charge is 0.355 e. The minimum Gasteiger partial charge on any atom is -0.497 e. The number of carbonyl (C=O) groups excluding carboxylic acids is 1.